The van der Waals surface area contributed by atoms with Crippen LogP contribution in [0.15, 0.2) is 24.3 Å². The van der Waals surface area contributed by atoms with Gasteiger partial charge in [0, 0.05) is 17.5 Å². The van der Waals surface area contributed by atoms with E-state index in [0.717, 1.165) is 22.3 Å². The zero-order valence-corrected chi connectivity index (χ0v) is 17.1. The maximum atomic E-state index is 12.3. The first kappa shape index (κ1) is 21.5. The summed E-state index contributed by atoms with van der Waals surface area (Å²) in [4.78, 5) is 23.8. The van der Waals surface area contributed by atoms with Gasteiger partial charge in [-0.05, 0) is 39.2 Å². The molecule has 1 aliphatic heterocycles. The Labute approximate surface area is 166 Å². The first-order chi connectivity index (χ1) is 13.4. The van der Waals surface area contributed by atoms with Crippen LogP contribution in [0.1, 0.15) is 53.7 Å². The molecule has 1 aliphatic rings. The predicted molar refractivity (Wildman–Crippen MR) is 106 cm³/mol. The van der Waals surface area contributed by atoms with Crippen molar-refractivity contribution < 1.29 is 28.5 Å². The summed E-state index contributed by atoms with van der Waals surface area (Å²) >= 11 is 0. The first-order valence-corrected chi connectivity index (χ1v) is 9.38. The molecule has 0 atom stereocenters. The molecule has 0 bridgehead atoms. The standard InChI is InChI=1S/C22H28O6/c1-6-12-27-21-16(10-8-14(3)9-11-18(23)26-7-2)20(25-5)15(4)17-13-28-22(24)19(17)21/h6,8H,1,7,9-13H2,2-5H3/b14-8+. The van der Waals surface area contributed by atoms with Crippen molar-refractivity contribution in [1.82, 2.24) is 0 Å². The third-order valence-corrected chi connectivity index (χ3v) is 4.66. The van der Waals surface area contributed by atoms with Gasteiger partial charge >= 0.3 is 11.9 Å². The molecule has 0 fully saturated rings. The number of ether oxygens (including phenoxy) is 4. The summed E-state index contributed by atoms with van der Waals surface area (Å²) in [5.74, 6) is 0.572. The highest BCUT2D eigenvalue weighted by molar-refractivity contribution is 5.98. The highest BCUT2D eigenvalue weighted by Crippen LogP contribution is 2.42. The van der Waals surface area contributed by atoms with Crippen LogP contribution in [0.5, 0.6) is 11.5 Å². The number of hydrogen-bond acceptors (Lipinski definition) is 6. The molecule has 0 aromatic heterocycles. The Morgan fingerprint density at radius 2 is 2.04 bits per heavy atom. The Balaban J connectivity index is 2.36. The van der Waals surface area contributed by atoms with E-state index >= 15 is 0 Å². The van der Waals surface area contributed by atoms with Gasteiger partial charge in [0.15, 0.2) is 0 Å². The lowest BCUT2D eigenvalue weighted by molar-refractivity contribution is -0.143. The number of hydrogen-bond donors (Lipinski definition) is 0. The number of fused-ring (bicyclic) bond motifs is 1. The third kappa shape index (κ3) is 4.74. The van der Waals surface area contributed by atoms with E-state index in [2.05, 4.69) is 6.58 Å². The summed E-state index contributed by atoms with van der Waals surface area (Å²) in [6.45, 7) is 10.2. The van der Waals surface area contributed by atoms with Gasteiger partial charge < -0.3 is 18.9 Å². The van der Waals surface area contributed by atoms with E-state index in [1.165, 1.54) is 0 Å². The quantitative estimate of drug-likeness (QED) is 0.444. The molecule has 0 unspecified atom stereocenters. The van der Waals surface area contributed by atoms with Gasteiger partial charge in [0.25, 0.3) is 0 Å². The van der Waals surface area contributed by atoms with Crippen LogP contribution in [0, 0.1) is 6.92 Å². The fraction of sp³-hybridized carbons (Fsp3) is 0.455. The molecule has 0 N–H and O–H groups in total. The topological polar surface area (TPSA) is 71.1 Å². The lowest BCUT2D eigenvalue weighted by Crippen LogP contribution is -2.09. The minimum absolute atomic E-state index is 0.209. The Morgan fingerprint density at radius 1 is 1.29 bits per heavy atom. The van der Waals surface area contributed by atoms with Crippen LogP contribution in [0.3, 0.4) is 0 Å². The number of esters is 2. The molecule has 0 aliphatic carbocycles. The van der Waals surface area contributed by atoms with E-state index in [0.29, 0.717) is 42.9 Å². The maximum absolute atomic E-state index is 12.3. The van der Waals surface area contributed by atoms with Crippen molar-refractivity contribution in [3.05, 3.63) is 46.6 Å². The van der Waals surface area contributed by atoms with Gasteiger partial charge in [-0.3, -0.25) is 4.79 Å². The SMILES string of the molecule is C=CCOc1c(C/C=C(\C)CCC(=O)OCC)c(OC)c(C)c2c1C(=O)OC2. The van der Waals surface area contributed by atoms with E-state index in [1.807, 2.05) is 19.9 Å². The largest absolute Gasteiger partial charge is 0.496 e. The monoisotopic (exact) mass is 388 g/mol. The molecule has 0 spiro atoms. The highest BCUT2D eigenvalue weighted by Gasteiger charge is 2.32. The summed E-state index contributed by atoms with van der Waals surface area (Å²) in [5, 5.41) is 0. The maximum Gasteiger partial charge on any atom is 0.342 e. The highest BCUT2D eigenvalue weighted by atomic mass is 16.5. The summed E-state index contributed by atoms with van der Waals surface area (Å²) < 4.78 is 21.7. The Kier molecular flexibility index (Phi) is 7.67. The van der Waals surface area contributed by atoms with Gasteiger partial charge in [-0.2, -0.15) is 0 Å². The molecule has 1 aromatic rings. The van der Waals surface area contributed by atoms with E-state index < -0.39 is 0 Å². The van der Waals surface area contributed by atoms with Crippen LogP contribution in [0.25, 0.3) is 0 Å². The number of benzene rings is 1. The number of cyclic esters (lactones) is 1. The molecular formula is C22H28O6. The van der Waals surface area contributed by atoms with Crippen molar-refractivity contribution in [2.45, 2.75) is 46.6 Å². The summed E-state index contributed by atoms with van der Waals surface area (Å²) in [5.41, 5.74) is 3.97. The molecule has 152 valence electrons. The smallest absolute Gasteiger partial charge is 0.342 e. The van der Waals surface area contributed by atoms with Crippen LogP contribution >= 0.6 is 0 Å². The average Bonchev–Trinajstić information content (AvgIpc) is 3.06. The van der Waals surface area contributed by atoms with E-state index in [4.69, 9.17) is 18.9 Å². The summed E-state index contributed by atoms with van der Waals surface area (Å²) in [7, 11) is 1.60. The van der Waals surface area contributed by atoms with Crippen LogP contribution < -0.4 is 9.47 Å². The number of rotatable bonds is 10. The number of carbonyl (C=O) groups is 2. The summed E-state index contributed by atoms with van der Waals surface area (Å²) in [6.07, 6.45) is 5.09. The second-order valence-corrected chi connectivity index (χ2v) is 6.55. The Bertz CT molecular complexity index is 791. The molecule has 0 saturated heterocycles. The Morgan fingerprint density at radius 3 is 2.68 bits per heavy atom. The molecule has 0 radical (unpaired) electrons. The normalized spacial score (nSPS) is 13.0. The average molecular weight is 388 g/mol. The van der Waals surface area contributed by atoms with Crippen molar-refractivity contribution in [3.8, 4) is 11.5 Å². The van der Waals surface area contributed by atoms with E-state index in [-0.39, 0.29) is 25.2 Å². The minimum Gasteiger partial charge on any atom is -0.496 e. The second-order valence-electron chi connectivity index (χ2n) is 6.55. The van der Waals surface area contributed by atoms with Gasteiger partial charge in [0.05, 0.1) is 13.7 Å². The number of methoxy groups -OCH3 is 1. The molecule has 2 rings (SSSR count). The first-order valence-electron chi connectivity index (χ1n) is 9.38. The van der Waals surface area contributed by atoms with Crippen molar-refractivity contribution in [1.29, 1.82) is 0 Å². The van der Waals surface area contributed by atoms with Crippen LogP contribution in [-0.4, -0.2) is 32.3 Å². The molecule has 6 heteroatoms. The molecular weight excluding hydrogens is 360 g/mol. The molecule has 28 heavy (non-hydrogen) atoms. The zero-order chi connectivity index (χ0) is 20.7. The minimum atomic E-state index is -0.385. The molecule has 1 aromatic carbocycles. The van der Waals surface area contributed by atoms with Crippen molar-refractivity contribution in [2.75, 3.05) is 20.3 Å². The van der Waals surface area contributed by atoms with Gasteiger partial charge in [-0.25, -0.2) is 4.79 Å². The number of carbonyl (C=O) groups excluding carboxylic acids is 2. The fourth-order valence-electron chi connectivity index (χ4n) is 3.22. The Hall–Kier alpha value is -2.76. The lowest BCUT2D eigenvalue weighted by atomic mass is 9.94. The fourth-order valence-corrected chi connectivity index (χ4v) is 3.22. The van der Waals surface area contributed by atoms with Crippen molar-refractivity contribution in [3.63, 3.8) is 0 Å². The van der Waals surface area contributed by atoms with Crippen molar-refractivity contribution >= 4 is 11.9 Å². The predicted octanol–water partition coefficient (Wildman–Crippen LogP) is 4.07. The second kappa shape index (κ2) is 9.97. The molecule has 0 amide bonds. The van der Waals surface area contributed by atoms with Crippen LogP contribution in [0.2, 0.25) is 0 Å². The number of allylic oxidation sites excluding steroid dienone is 2. The van der Waals surface area contributed by atoms with Gasteiger partial charge in [0.2, 0.25) is 0 Å². The molecule has 0 saturated carbocycles. The summed E-state index contributed by atoms with van der Waals surface area (Å²) in [6, 6.07) is 0. The van der Waals surface area contributed by atoms with E-state index in [1.54, 1.807) is 20.1 Å². The molecule has 1 heterocycles. The lowest BCUT2D eigenvalue weighted by Gasteiger charge is -2.19. The van der Waals surface area contributed by atoms with Gasteiger partial charge in [0.1, 0.15) is 30.3 Å². The van der Waals surface area contributed by atoms with Crippen LogP contribution in [0.4, 0.5) is 0 Å². The molecule has 6 nitrogen and oxygen atoms in total. The van der Waals surface area contributed by atoms with E-state index in [9.17, 15) is 9.59 Å². The third-order valence-electron chi connectivity index (χ3n) is 4.66. The zero-order valence-electron chi connectivity index (χ0n) is 17.1. The van der Waals surface area contributed by atoms with Gasteiger partial charge in [-0.15, -0.1) is 0 Å². The van der Waals surface area contributed by atoms with Crippen molar-refractivity contribution in [2.24, 2.45) is 0 Å². The van der Waals surface area contributed by atoms with Crippen LogP contribution in [-0.2, 0) is 27.3 Å². The van der Waals surface area contributed by atoms with Gasteiger partial charge in [-0.1, -0.05) is 24.3 Å².